The Bertz CT molecular complexity index is 325. The van der Waals surface area contributed by atoms with E-state index < -0.39 is 11.6 Å². The second-order valence-corrected chi connectivity index (χ2v) is 3.92. The summed E-state index contributed by atoms with van der Waals surface area (Å²) in [4.78, 5) is 22.8. The fraction of sp³-hybridized carbons (Fsp3) is 0.750. The lowest BCUT2D eigenvalue weighted by molar-refractivity contribution is -0.126. The number of rotatable bonds is 3. The maximum absolute atomic E-state index is 11.7. The highest BCUT2D eigenvalue weighted by Gasteiger charge is 2.53. The van der Waals surface area contributed by atoms with E-state index in [1.807, 2.05) is 0 Å². The molecule has 1 saturated heterocycles. The van der Waals surface area contributed by atoms with Gasteiger partial charge >= 0.3 is 6.03 Å². The van der Waals surface area contributed by atoms with E-state index in [9.17, 15) is 9.59 Å². The van der Waals surface area contributed by atoms with Crippen molar-refractivity contribution in [2.45, 2.75) is 24.8 Å². The zero-order valence-electron chi connectivity index (χ0n) is 8.19. The summed E-state index contributed by atoms with van der Waals surface area (Å²) in [5.74, 6) is 4.75. The number of nitrogens with one attached hydrogen (secondary N) is 2. The van der Waals surface area contributed by atoms with Gasteiger partial charge in [0.25, 0.3) is 5.91 Å². The van der Waals surface area contributed by atoms with Gasteiger partial charge in [-0.25, -0.2) is 4.79 Å². The van der Waals surface area contributed by atoms with Crippen LogP contribution in [0.2, 0.25) is 0 Å². The number of hydrogen-bond acceptors (Lipinski definition) is 4. The van der Waals surface area contributed by atoms with Crippen LogP contribution in [0.25, 0.3) is 0 Å². The molecule has 7 nitrogen and oxygen atoms in total. The minimum absolute atomic E-state index is 0.117. The molecule has 0 radical (unpaired) electrons. The second kappa shape index (κ2) is 3.48. The van der Waals surface area contributed by atoms with E-state index in [2.05, 4.69) is 21.0 Å². The maximum Gasteiger partial charge on any atom is 0.322 e. The molecule has 1 heterocycles. The highest BCUT2D eigenvalue weighted by molar-refractivity contribution is 6.07. The van der Waals surface area contributed by atoms with Gasteiger partial charge in [-0.1, -0.05) is 11.6 Å². The minimum Gasteiger partial charge on any atom is -0.321 e. The summed E-state index contributed by atoms with van der Waals surface area (Å²) in [5.41, 5.74) is -0.918. The molecule has 0 spiro atoms. The van der Waals surface area contributed by atoms with Crippen molar-refractivity contribution in [3.05, 3.63) is 0 Å². The topological polar surface area (TPSA) is 109 Å². The van der Waals surface area contributed by atoms with Crippen molar-refractivity contribution in [2.75, 3.05) is 6.54 Å². The van der Waals surface area contributed by atoms with E-state index >= 15 is 0 Å². The van der Waals surface area contributed by atoms with Crippen LogP contribution in [0, 0.1) is 5.92 Å². The van der Waals surface area contributed by atoms with Gasteiger partial charge < -0.3 is 11.2 Å². The van der Waals surface area contributed by atoms with Crippen molar-refractivity contribution in [2.24, 2.45) is 22.1 Å². The van der Waals surface area contributed by atoms with E-state index in [1.54, 1.807) is 0 Å². The van der Waals surface area contributed by atoms with Gasteiger partial charge in [-0.3, -0.25) is 10.1 Å². The van der Waals surface area contributed by atoms with Crippen molar-refractivity contribution in [1.82, 2.24) is 10.6 Å². The van der Waals surface area contributed by atoms with Gasteiger partial charge in [0, 0.05) is 0 Å². The molecule has 1 unspecified atom stereocenters. The number of nitrogens with zero attached hydrogens (tertiary/aromatic N) is 2. The molecule has 0 aromatic rings. The first kappa shape index (κ1) is 9.88. The van der Waals surface area contributed by atoms with Crippen LogP contribution in [0.1, 0.15) is 19.3 Å². The van der Waals surface area contributed by atoms with Crippen LogP contribution in [-0.4, -0.2) is 24.0 Å². The molecule has 2 rings (SSSR count). The number of carbonyl (C=O) groups excluding carboxylic acids is 2. The van der Waals surface area contributed by atoms with Crippen LogP contribution in [0.4, 0.5) is 4.79 Å². The fourth-order valence-electron chi connectivity index (χ4n) is 2.09. The minimum atomic E-state index is -0.918. The molecule has 4 N–H and O–H groups in total. The molecule has 0 bridgehead atoms. The van der Waals surface area contributed by atoms with Crippen molar-refractivity contribution >= 4 is 11.9 Å². The molecule has 1 aliphatic carbocycles. The number of urea groups is 1. The molecule has 2 aliphatic rings. The molecule has 2 fully saturated rings. The molecule has 0 aromatic carbocycles. The fourth-order valence-corrected chi connectivity index (χ4v) is 2.09. The molecule has 3 amide bonds. The first-order valence-electron chi connectivity index (χ1n) is 4.89. The van der Waals surface area contributed by atoms with E-state index in [4.69, 9.17) is 5.84 Å². The third-order valence-corrected chi connectivity index (χ3v) is 3.17. The maximum atomic E-state index is 11.7. The van der Waals surface area contributed by atoms with Gasteiger partial charge in [-0.05, 0) is 18.8 Å². The highest BCUT2D eigenvalue weighted by Crippen LogP contribution is 2.38. The Morgan fingerprint density at radius 1 is 1.47 bits per heavy atom. The number of amides is 3. The van der Waals surface area contributed by atoms with Crippen molar-refractivity contribution in [3.63, 3.8) is 0 Å². The molecule has 82 valence electrons. The Balaban J connectivity index is 2.21. The third-order valence-electron chi connectivity index (χ3n) is 3.17. The van der Waals surface area contributed by atoms with Gasteiger partial charge in [-0.15, -0.1) is 0 Å². The quantitative estimate of drug-likeness (QED) is 0.258. The van der Waals surface area contributed by atoms with Crippen LogP contribution >= 0.6 is 0 Å². The SMILES string of the molecule is NN=NCC1(C2CCC2)NC(=O)NC1=O. The number of imide groups is 1. The smallest absolute Gasteiger partial charge is 0.321 e. The van der Waals surface area contributed by atoms with Crippen LogP contribution in [0.3, 0.4) is 0 Å². The largest absolute Gasteiger partial charge is 0.322 e. The Kier molecular flexibility index (Phi) is 2.29. The van der Waals surface area contributed by atoms with Gasteiger partial charge in [0.2, 0.25) is 0 Å². The molecule has 0 aromatic heterocycles. The average molecular weight is 211 g/mol. The Labute approximate surface area is 86.5 Å². The molecule has 1 saturated carbocycles. The lowest BCUT2D eigenvalue weighted by Gasteiger charge is -2.38. The zero-order chi connectivity index (χ0) is 10.9. The molecular weight excluding hydrogens is 198 g/mol. The average Bonchev–Trinajstić information content (AvgIpc) is 2.36. The lowest BCUT2D eigenvalue weighted by atomic mass is 9.70. The highest BCUT2D eigenvalue weighted by atomic mass is 16.2. The first-order chi connectivity index (χ1) is 7.19. The Morgan fingerprint density at radius 2 is 2.20 bits per heavy atom. The van der Waals surface area contributed by atoms with Crippen LogP contribution in [0.5, 0.6) is 0 Å². The number of hydrogen-bond donors (Lipinski definition) is 3. The van der Waals surface area contributed by atoms with E-state index in [0.717, 1.165) is 19.3 Å². The standard InChI is InChI=1S/C8H13N5O2/c9-13-10-4-8(5-2-1-3-5)6(14)11-7(15)12-8/h5H,1-4H2,(H2,9,10)(H2,11,12,14,15). The zero-order valence-corrected chi connectivity index (χ0v) is 8.19. The molecular formula is C8H13N5O2. The van der Waals surface area contributed by atoms with Gasteiger partial charge in [0.1, 0.15) is 5.54 Å². The summed E-state index contributed by atoms with van der Waals surface area (Å²) in [6.45, 7) is 0.117. The normalized spacial score (nSPS) is 31.5. The number of nitrogens with two attached hydrogens (primary N) is 1. The van der Waals surface area contributed by atoms with E-state index in [-0.39, 0.29) is 18.4 Å². The predicted molar refractivity (Wildman–Crippen MR) is 50.7 cm³/mol. The van der Waals surface area contributed by atoms with Gasteiger partial charge in [0.05, 0.1) is 6.54 Å². The third kappa shape index (κ3) is 1.43. The summed E-state index contributed by atoms with van der Waals surface area (Å²) in [6.07, 6.45) is 2.93. The van der Waals surface area contributed by atoms with E-state index in [1.165, 1.54) is 0 Å². The Hall–Kier alpha value is -1.66. The first-order valence-corrected chi connectivity index (χ1v) is 4.89. The van der Waals surface area contributed by atoms with Gasteiger partial charge in [0.15, 0.2) is 0 Å². The van der Waals surface area contributed by atoms with Crippen molar-refractivity contribution in [3.8, 4) is 0 Å². The lowest BCUT2D eigenvalue weighted by Crippen LogP contribution is -2.57. The Morgan fingerprint density at radius 3 is 2.60 bits per heavy atom. The van der Waals surface area contributed by atoms with Crippen LogP contribution in [-0.2, 0) is 4.79 Å². The summed E-state index contributed by atoms with van der Waals surface area (Å²) >= 11 is 0. The summed E-state index contributed by atoms with van der Waals surface area (Å²) in [5, 5.41) is 11.7. The van der Waals surface area contributed by atoms with Crippen molar-refractivity contribution in [1.29, 1.82) is 0 Å². The monoisotopic (exact) mass is 211 g/mol. The molecule has 1 atom stereocenters. The summed E-state index contributed by atoms with van der Waals surface area (Å²) < 4.78 is 0. The number of carbonyl (C=O) groups is 2. The summed E-state index contributed by atoms with van der Waals surface area (Å²) in [6, 6.07) is -0.459. The summed E-state index contributed by atoms with van der Waals surface area (Å²) in [7, 11) is 0. The second-order valence-electron chi connectivity index (χ2n) is 3.92. The van der Waals surface area contributed by atoms with Gasteiger partial charge in [-0.2, -0.15) is 5.11 Å². The van der Waals surface area contributed by atoms with E-state index in [0.29, 0.717) is 0 Å². The molecule has 15 heavy (non-hydrogen) atoms. The van der Waals surface area contributed by atoms with Crippen LogP contribution in [0.15, 0.2) is 10.3 Å². The predicted octanol–water partition coefficient (Wildman–Crippen LogP) is -0.309. The van der Waals surface area contributed by atoms with Crippen LogP contribution < -0.4 is 16.5 Å². The molecule has 1 aliphatic heterocycles. The van der Waals surface area contributed by atoms with Crippen molar-refractivity contribution < 1.29 is 9.59 Å². The molecule has 7 heteroatoms.